The standard InChI is InChI=1S/C19H18BrNO5S/c20-13-4-1-3-12(11-13)16-15(17(23)14-5-2-10-27-14)18(24)19(25)21(16)6-8-26-9-7-22/h1-5,10-11,16,22,24H,6-9H2. The van der Waals surface area contributed by atoms with Crippen LogP contribution in [0.5, 0.6) is 0 Å². The van der Waals surface area contributed by atoms with Crippen LogP contribution >= 0.6 is 27.3 Å². The van der Waals surface area contributed by atoms with E-state index in [9.17, 15) is 14.7 Å². The van der Waals surface area contributed by atoms with Gasteiger partial charge in [0.25, 0.3) is 5.91 Å². The molecule has 1 aromatic carbocycles. The number of halogens is 1. The minimum atomic E-state index is -0.706. The average molecular weight is 452 g/mol. The van der Waals surface area contributed by atoms with E-state index in [0.717, 1.165) is 4.47 Å². The first-order valence-corrected chi connectivity index (χ1v) is 9.98. The van der Waals surface area contributed by atoms with Gasteiger partial charge in [-0.25, -0.2) is 0 Å². The summed E-state index contributed by atoms with van der Waals surface area (Å²) >= 11 is 4.67. The Hall–Kier alpha value is -2.00. The second kappa shape index (κ2) is 8.79. The third-order valence-electron chi connectivity index (χ3n) is 4.17. The lowest BCUT2D eigenvalue weighted by Gasteiger charge is -2.26. The number of carbonyl (C=O) groups excluding carboxylic acids is 2. The van der Waals surface area contributed by atoms with E-state index in [1.165, 1.54) is 16.2 Å². The van der Waals surface area contributed by atoms with Gasteiger partial charge in [-0.2, -0.15) is 0 Å². The van der Waals surface area contributed by atoms with Crippen LogP contribution in [0.3, 0.4) is 0 Å². The maximum absolute atomic E-state index is 13.0. The first-order chi connectivity index (χ1) is 13.0. The van der Waals surface area contributed by atoms with Gasteiger partial charge in [-0.15, -0.1) is 11.3 Å². The molecule has 0 fully saturated rings. The Bertz CT molecular complexity index is 865. The summed E-state index contributed by atoms with van der Waals surface area (Å²) < 4.78 is 6.07. The average Bonchev–Trinajstić information content (AvgIpc) is 3.27. The molecule has 6 nitrogen and oxygen atoms in total. The number of aliphatic hydroxyl groups is 2. The molecule has 3 rings (SSSR count). The summed E-state index contributed by atoms with van der Waals surface area (Å²) in [5.74, 6) is -1.49. The van der Waals surface area contributed by atoms with Crippen LogP contribution in [0.25, 0.3) is 0 Å². The first-order valence-electron chi connectivity index (χ1n) is 8.31. The van der Waals surface area contributed by atoms with Crippen LogP contribution in [-0.4, -0.2) is 53.2 Å². The highest BCUT2D eigenvalue weighted by Gasteiger charge is 2.43. The molecule has 1 aliphatic rings. The van der Waals surface area contributed by atoms with Crippen LogP contribution in [0.1, 0.15) is 21.3 Å². The molecule has 1 amide bonds. The van der Waals surface area contributed by atoms with Crippen LogP contribution in [0, 0.1) is 0 Å². The third kappa shape index (κ3) is 4.14. The van der Waals surface area contributed by atoms with Crippen LogP contribution < -0.4 is 0 Å². The smallest absolute Gasteiger partial charge is 0.290 e. The van der Waals surface area contributed by atoms with E-state index in [1.54, 1.807) is 17.5 Å². The molecule has 0 bridgehead atoms. The van der Waals surface area contributed by atoms with Crippen LogP contribution in [0.4, 0.5) is 0 Å². The second-order valence-electron chi connectivity index (χ2n) is 5.86. The van der Waals surface area contributed by atoms with Crippen molar-refractivity contribution in [2.45, 2.75) is 6.04 Å². The van der Waals surface area contributed by atoms with Crippen molar-refractivity contribution in [3.8, 4) is 0 Å². The highest BCUT2D eigenvalue weighted by atomic mass is 79.9. The van der Waals surface area contributed by atoms with Crippen LogP contribution in [0.2, 0.25) is 0 Å². The van der Waals surface area contributed by atoms with E-state index >= 15 is 0 Å². The Morgan fingerprint density at radius 3 is 2.74 bits per heavy atom. The van der Waals surface area contributed by atoms with Crippen molar-refractivity contribution in [2.75, 3.05) is 26.4 Å². The number of thiophene rings is 1. The molecule has 1 atom stereocenters. The number of amides is 1. The molecule has 8 heteroatoms. The van der Waals surface area contributed by atoms with Crippen molar-refractivity contribution in [3.05, 3.63) is 68.0 Å². The van der Waals surface area contributed by atoms with E-state index < -0.39 is 17.7 Å². The van der Waals surface area contributed by atoms with Crippen molar-refractivity contribution in [1.82, 2.24) is 4.90 Å². The SMILES string of the molecule is O=C(C1=C(O)C(=O)N(CCOCCO)C1c1cccc(Br)c1)c1cccs1. The van der Waals surface area contributed by atoms with Crippen molar-refractivity contribution < 1.29 is 24.5 Å². The van der Waals surface area contributed by atoms with Gasteiger partial charge in [-0.1, -0.05) is 34.1 Å². The fourth-order valence-corrected chi connectivity index (χ4v) is 4.10. The predicted molar refractivity (Wildman–Crippen MR) is 105 cm³/mol. The number of Topliss-reactive ketones (excluding diaryl/α,β-unsaturated/α-hetero) is 1. The lowest BCUT2D eigenvalue weighted by Crippen LogP contribution is -2.34. The molecule has 0 saturated carbocycles. The summed E-state index contributed by atoms with van der Waals surface area (Å²) in [7, 11) is 0. The highest BCUT2D eigenvalue weighted by Crippen LogP contribution is 2.39. The van der Waals surface area contributed by atoms with Gasteiger partial charge in [0.05, 0.1) is 36.3 Å². The molecule has 27 heavy (non-hydrogen) atoms. The van der Waals surface area contributed by atoms with Crippen molar-refractivity contribution in [3.63, 3.8) is 0 Å². The number of ketones is 1. The van der Waals surface area contributed by atoms with E-state index in [4.69, 9.17) is 9.84 Å². The molecule has 1 unspecified atom stereocenters. The molecule has 2 heterocycles. The number of hydrogen-bond acceptors (Lipinski definition) is 6. The number of nitrogens with zero attached hydrogens (tertiary/aromatic N) is 1. The maximum Gasteiger partial charge on any atom is 0.290 e. The zero-order valence-corrected chi connectivity index (χ0v) is 16.7. The topological polar surface area (TPSA) is 87.1 Å². The molecule has 0 radical (unpaired) electrons. The summed E-state index contributed by atoms with van der Waals surface area (Å²) in [4.78, 5) is 27.6. The first kappa shape index (κ1) is 19.8. The zero-order chi connectivity index (χ0) is 19.4. The summed E-state index contributed by atoms with van der Waals surface area (Å²) in [6, 6.07) is 10.0. The lowest BCUT2D eigenvalue weighted by atomic mass is 9.95. The molecule has 0 saturated heterocycles. The number of carbonyl (C=O) groups is 2. The zero-order valence-electron chi connectivity index (χ0n) is 14.3. The third-order valence-corrected chi connectivity index (χ3v) is 5.53. The van der Waals surface area contributed by atoms with Gasteiger partial charge in [0.2, 0.25) is 5.78 Å². The molecule has 142 valence electrons. The highest BCUT2D eigenvalue weighted by molar-refractivity contribution is 9.10. The quantitative estimate of drug-likeness (QED) is 0.475. The minimum Gasteiger partial charge on any atom is -0.503 e. The number of rotatable bonds is 8. The normalized spacial score (nSPS) is 17.0. The lowest BCUT2D eigenvalue weighted by molar-refractivity contribution is -0.130. The minimum absolute atomic E-state index is 0.0720. The number of ether oxygens (including phenoxy) is 1. The van der Waals surface area contributed by atoms with Crippen molar-refractivity contribution >= 4 is 39.0 Å². The number of aliphatic hydroxyl groups excluding tert-OH is 2. The monoisotopic (exact) mass is 451 g/mol. The molecular weight excluding hydrogens is 434 g/mol. The van der Waals surface area contributed by atoms with Crippen LogP contribution in [0.15, 0.2) is 57.6 Å². The molecule has 2 aromatic rings. The van der Waals surface area contributed by atoms with Crippen LogP contribution in [-0.2, 0) is 9.53 Å². The van der Waals surface area contributed by atoms with Gasteiger partial charge < -0.3 is 19.8 Å². The largest absolute Gasteiger partial charge is 0.503 e. The Labute approximate surface area is 168 Å². The molecular formula is C19H18BrNO5S. The molecule has 0 spiro atoms. The Balaban J connectivity index is 1.98. The van der Waals surface area contributed by atoms with Gasteiger partial charge in [-0.3, -0.25) is 9.59 Å². The van der Waals surface area contributed by atoms with E-state index in [1.807, 2.05) is 24.3 Å². The fourth-order valence-electron chi connectivity index (χ4n) is 3.01. The summed E-state index contributed by atoms with van der Waals surface area (Å²) in [6.45, 7) is 0.407. The predicted octanol–water partition coefficient (Wildman–Crippen LogP) is 3.10. The summed E-state index contributed by atoms with van der Waals surface area (Å²) in [6.07, 6.45) is 0. The number of benzene rings is 1. The summed E-state index contributed by atoms with van der Waals surface area (Å²) in [5.41, 5.74) is 0.784. The molecule has 1 aliphatic heterocycles. The second-order valence-corrected chi connectivity index (χ2v) is 7.72. The van der Waals surface area contributed by atoms with Crippen molar-refractivity contribution in [1.29, 1.82) is 0 Å². The van der Waals surface area contributed by atoms with Crippen molar-refractivity contribution in [2.24, 2.45) is 0 Å². The molecule has 0 aliphatic carbocycles. The van der Waals surface area contributed by atoms with Gasteiger partial charge in [-0.05, 0) is 29.1 Å². The Morgan fingerprint density at radius 1 is 1.26 bits per heavy atom. The Morgan fingerprint density at radius 2 is 2.07 bits per heavy atom. The van der Waals surface area contributed by atoms with E-state index in [0.29, 0.717) is 10.4 Å². The van der Waals surface area contributed by atoms with Gasteiger partial charge in [0.15, 0.2) is 5.76 Å². The molecule has 1 aromatic heterocycles. The fraction of sp³-hybridized carbons (Fsp3) is 0.263. The van der Waals surface area contributed by atoms with Gasteiger partial charge in [0.1, 0.15) is 0 Å². The van der Waals surface area contributed by atoms with E-state index in [-0.39, 0.29) is 37.7 Å². The number of hydrogen-bond donors (Lipinski definition) is 2. The maximum atomic E-state index is 13.0. The Kier molecular flexibility index (Phi) is 6.43. The van der Waals surface area contributed by atoms with E-state index in [2.05, 4.69) is 15.9 Å². The molecule has 2 N–H and O–H groups in total. The van der Waals surface area contributed by atoms with Gasteiger partial charge >= 0.3 is 0 Å². The van der Waals surface area contributed by atoms with Gasteiger partial charge in [0, 0.05) is 11.0 Å². The summed E-state index contributed by atoms with van der Waals surface area (Å²) in [5, 5.41) is 21.1.